The van der Waals surface area contributed by atoms with Gasteiger partial charge in [-0.05, 0) is 25.3 Å². The van der Waals surface area contributed by atoms with Crippen LogP contribution in [0.2, 0.25) is 0 Å². The summed E-state index contributed by atoms with van der Waals surface area (Å²) in [5.74, 6) is 1.10. The van der Waals surface area contributed by atoms with E-state index in [9.17, 15) is 0 Å². The van der Waals surface area contributed by atoms with Crippen LogP contribution in [-0.2, 0) is 0 Å². The Bertz CT molecular complexity index is 62.3. The van der Waals surface area contributed by atoms with Gasteiger partial charge in [0, 0.05) is 6.04 Å². The number of rotatable bonds is 0. The summed E-state index contributed by atoms with van der Waals surface area (Å²) in [5.41, 5.74) is 0. The van der Waals surface area contributed by atoms with Crippen LogP contribution in [0, 0.1) is 5.92 Å². The second-order valence-corrected chi connectivity index (χ2v) is 2.35. The second kappa shape index (κ2) is 0.784. The molecule has 0 bridgehead atoms. The van der Waals surface area contributed by atoms with E-state index in [2.05, 4.69) is 5.32 Å². The lowest BCUT2D eigenvalue weighted by atomic mass is 10.3. The maximum Gasteiger partial charge on any atom is 0.00996 e. The fourth-order valence-corrected chi connectivity index (χ4v) is 1.27. The largest absolute Gasteiger partial charge is 0.314 e. The molecular formula is C5H9N. The molecule has 0 aromatic carbocycles. The van der Waals surface area contributed by atoms with Crippen LogP contribution in [0.3, 0.4) is 0 Å². The van der Waals surface area contributed by atoms with Crippen LogP contribution in [0.4, 0.5) is 0 Å². The Labute approximate surface area is 37.7 Å². The molecule has 1 N–H and O–H groups in total. The average molecular weight is 83.1 g/mol. The van der Waals surface area contributed by atoms with Gasteiger partial charge in [-0.3, -0.25) is 0 Å². The van der Waals surface area contributed by atoms with Crippen LogP contribution >= 0.6 is 0 Å². The Kier molecular flexibility index (Phi) is 0.396. The van der Waals surface area contributed by atoms with Crippen LogP contribution in [0.5, 0.6) is 0 Å². The number of hydrogen-bond acceptors (Lipinski definition) is 1. The van der Waals surface area contributed by atoms with Crippen LogP contribution in [0.1, 0.15) is 12.8 Å². The first kappa shape index (κ1) is 3.03. The predicted molar refractivity (Wildman–Crippen MR) is 24.5 cm³/mol. The summed E-state index contributed by atoms with van der Waals surface area (Å²) in [7, 11) is 0. The molecule has 2 aliphatic rings. The molecule has 1 nitrogen and oxygen atoms in total. The summed E-state index contributed by atoms with van der Waals surface area (Å²) in [6.45, 7) is 1.29. The quantitative estimate of drug-likeness (QED) is 0.446. The standard InChI is InChI=1S/C5H9N/c1-2-6-5-3-4(1)5/h4-6H,1-3H2/t4?,5-/m0/s1. The summed E-state index contributed by atoms with van der Waals surface area (Å²) in [4.78, 5) is 0. The first-order valence-electron chi connectivity index (χ1n) is 2.70. The molecule has 1 unspecified atom stereocenters. The Balaban J connectivity index is 2.09. The van der Waals surface area contributed by atoms with E-state index in [-0.39, 0.29) is 0 Å². The Morgan fingerprint density at radius 1 is 1.50 bits per heavy atom. The Morgan fingerprint density at radius 3 is 2.67 bits per heavy atom. The lowest BCUT2D eigenvalue weighted by Gasteiger charge is -1.86. The van der Waals surface area contributed by atoms with Crippen molar-refractivity contribution >= 4 is 0 Å². The molecule has 34 valence electrons. The van der Waals surface area contributed by atoms with Gasteiger partial charge in [-0.25, -0.2) is 0 Å². The fraction of sp³-hybridized carbons (Fsp3) is 1.00. The van der Waals surface area contributed by atoms with Gasteiger partial charge in [0.2, 0.25) is 0 Å². The van der Waals surface area contributed by atoms with Crippen LogP contribution in [-0.4, -0.2) is 12.6 Å². The highest BCUT2D eigenvalue weighted by Gasteiger charge is 2.40. The number of piperidine rings is 1. The summed E-state index contributed by atoms with van der Waals surface area (Å²) in [6.07, 6.45) is 2.92. The van der Waals surface area contributed by atoms with Crippen LogP contribution < -0.4 is 5.32 Å². The van der Waals surface area contributed by atoms with E-state index in [1.54, 1.807) is 0 Å². The molecule has 0 radical (unpaired) electrons. The molecule has 0 aromatic heterocycles. The van der Waals surface area contributed by atoms with Gasteiger partial charge in [0.1, 0.15) is 0 Å². The Hall–Kier alpha value is -0.0400. The van der Waals surface area contributed by atoms with Crippen molar-refractivity contribution in [3.8, 4) is 0 Å². The molecular weight excluding hydrogens is 74.1 g/mol. The maximum atomic E-state index is 3.39. The van der Waals surface area contributed by atoms with Crippen molar-refractivity contribution in [2.24, 2.45) is 5.92 Å². The predicted octanol–water partition coefficient (Wildman–Crippen LogP) is 0.368. The van der Waals surface area contributed by atoms with Gasteiger partial charge in [0.05, 0.1) is 0 Å². The van der Waals surface area contributed by atoms with Gasteiger partial charge in [0.15, 0.2) is 0 Å². The summed E-state index contributed by atoms with van der Waals surface area (Å²) >= 11 is 0. The molecule has 0 amide bonds. The average Bonchev–Trinajstić information content (AvgIpc) is 2.17. The highest BCUT2D eigenvalue weighted by atomic mass is 15.0. The zero-order valence-electron chi connectivity index (χ0n) is 3.78. The van der Waals surface area contributed by atoms with E-state index >= 15 is 0 Å². The SMILES string of the molecule is C1CC2C[C@@H]2N1. The third-order valence-corrected chi connectivity index (χ3v) is 1.84. The van der Waals surface area contributed by atoms with E-state index in [0.717, 1.165) is 12.0 Å². The van der Waals surface area contributed by atoms with E-state index in [4.69, 9.17) is 0 Å². The highest BCUT2D eigenvalue weighted by molar-refractivity contribution is 4.98. The highest BCUT2D eigenvalue weighted by Crippen LogP contribution is 2.37. The molecule has 1 heterocycles. The van der Waals surface area contributed by atoms with Gasteiger partial charge in [-0.2, -0.15) is 0 Å². The van der Waals surface area contributed by atoms with Crippen LogP contribution in [0.25, 0.3) is 0 Å². The molecule has 1 aliphatic heterocycles. The normalized spacial score (nSPS) is 52.0. The van der Waals surface area contributed by atoms with Crippen molar-refractivity contribution in [3.63, 3.8) is 0 Å². The minimum atomic E-state index is 0.963. The molecule has 1 heteroatoms. The van der Waals surface area contributed by atoms with Crippen molar-refractivity contribution in [3.05, 3.63) is 0 Å². The topological polar surface area (TPSA) is 12.0 Å². The lowest BCUT2D eigenvalue weighted by Crippen LogP contribution is -2.10. The third-order valence-electron chi connectivity index (χ3n) is 1.84. The summed E-state index contributed by atoms with van der Waals surface area (Å²) in [5, 5.41) is 3.39. The van der Waals surface area contributed by atoms with Crippen molar-refractivity contribution in [2.75, 3.05) is 6.54 Å². The fourth-order valence-electron chi connectivity index (χ4n) is 1.27. The van der Waals surface area contributed by atoms with Crippen molar-refractivity contribution in [1.82, 2.24) is 5.32 Å². The molecule has 0 aromatic rings. The van der Waals surface area contributed by atoms with Crippen molar-refractivity contribution in [1.29, 1.82) is 0 Å². The number of fused-ring (bicyclic) bond motifs is 1. The molecule has 1 saturated heterocycles. The minimum absolute atomic E-state index is 0.963. The van der Waals surface area contributed by atoms with E-state index in [1.807, 2.05) is 0 Å². The maximum absolute atomic E-state index is 3.39. The molecule has 2 fully saturated rings. The Morgan fingerprint density at radius 2 is 2.50 bits per heavy atom. The van der Waals surface area contributed by atoms with E-state index in [0.29, 0.717) is 0 Å². The van der Waals surface area contributed by atoms with E-state index in [1.165, 1.54) is 19.4 Å². The first-order chi connectivity index (χ1) is 2.97. The first-order valence-corrected chi connectivity index (χ1v) is 2.70. The van der Waals surface area contributed by atoms with Gasteiger partial charge >= 0.3 is 0 Å². The molecule has 1 saturated carbocycles. The molecule has 0 spiro atoms. The van der Waals surface area contributed by atoms with Gasteiger partial charge in [0.25, 0.3) is 0 Å². The van der Waals surface area contributed by atoms with Crippen molar-refractivity contribution < 1.29 is 0 Å². The molecule has 2 atom stereocenters. The van der Waals surface area contributed by atoms with Crippen LogP contribution in [0.15, 0.2) is 0 Å². The minimum Gasteiger partial charge on any atom is -0.314 e. The number of hydrogen-bond donors (Lipinski definition) is 1. The van der Waals surface area contributed by atoms with E-state index < -0.39 is 0 Å². The second-order valence-electron chi connectivity index (χ2n) is 2.35. The van der Waals surface area contributed by atoms with Gasteiger partial charge in [-0.1, -0.05) is 0 Å². The molecule has 6 heavy (non-hydrogen) atoms. The van der Waals surface area contributed by atoms with Gasteiger partial charge in [-0.15, -0.1) is 0 Å². The monoisotopic (exact) mass is 83.1 g/mol. The summed E-state index contributed by atoms with van der Waals surface area (Å²) < 4.78 is 0. The summed E-state index contributed by atoms with van der Waals surface area (Å²) in [6, 6.07) is 0.963. The van der Waals surface area contributed by atoms with Crippen molar-refractivity contribution in [2.45, 2.75) is 18.9 Å². The molecule has 1 aliphatic carbocycles. The van der Waals surface area contributed by atoms with Gasteiger partial charge < -0.3 is 5.32 Å². The third kappa shape index (κ3) is 0.243. The zero-order chi connectivity index (χ0) is 3.98. The number of nitrogens with one attached hydrogen (secondary N) is 1. The molecule has 2 rings (SSSR count). The zero-order valence-corrected chi connectivity index (χ0v) is 3.78. The smallest absolute Gasteiger partial charge is 0.00996 e. The lowest BCUT2D eigenvalue weighted by molar-refractivity contribution is 0.741.